The lowest BCUT2D eigenvalue weighted by Crippen LogP contribution is -2.14. The van der Waals surface area contributed by atoms with Gasteiger partial charge in [-0.05, 0) is 29.8 Å². The molecule has 0 unspecified atom stereocenters. The summed E-state index contributed by atoms with van der Waals surface area (Å²) in [6, 6.07) is 10.8. The van der Waals surface area contributed by atoms with Crippen LogP contribution in [0.1, 0.15) is 5.56 Å². The molecule has 1 aliphatic heterocycles. The highest BCUT2D eigenvalue weighted by Crippen LogP contribution is 2.33. The first-order chi connectivity index (χ1) is 12.6. The van der Waals surface area contributed by atoms with Crippen LogP contribution in [0.4, 0.5) is 5.13 Å². The fraction of sp³-hybridized carbons (Fsp3) is 0.111. The van der Waals surface area contributed by atoms with Crippen molar-refractivity contribution in [2.75, 3.05) is 12.1 Å². The van der Waals surface area contributed by atoms with Crippen LogP contribution in [-0.2, 0) is 11.2 Å². The number of aromatic nitrogens is 1. The molecule has 0 aliphatic carbocycles. The number of thiazole rings is 1. The topological polar surface area (TPSA) is 60.5 Å². The summed E-state index contributed by atoms with van der Waals surface area (Å²) in [5, 5.41) is 6.15. The molecule has 1 aliphatic rings. The summed E-state index contributed by atoms with van der Waals surface area (Å²) < 4.78 is 10.6. The van der Waals surface area contributed by atoms with Crippen LogP contribution in [0, 0.1) is 0 Å². The Bertz CT molecular complexity index is 990. The predicted molar refractivity (Wildman–Crippen MR) is 102 cm³/mol. The zero-order valence-electron chi connectivity index (χ0n) is 13.3. The average Bonchev–Trinajstić information content (AvgIpc) is 3.26. The number of ether oxygens (including phenoxy) is 2. The molecule has 1 aromatic heterocycles. The van der Waals surface area contributed by atoms with Crippen LogP contribution in [0.5, 0.6) is 11.5 Å². The fourth-order valence-corrected chi connectivity index (χ4v) is 3.55. The normalized spacial score (nSPS) is 12.2. The van der Waals surface area contributed by atoms with E-state index in [0.717, 1.165) is 16.8 Å². The van der Waals surface area contributed by atoms with E-state index < -0.39 is 0 Å². The first-order valence-corrected chi connectivity index (χ1v) is 9.31. The van der Waals surface area contributed by atoms with Crippen LogP contribution >= 0.6 is 34.5 Å². The van der Waals surface area contributed by atoms with Crippen molar-refractivity contribution in [3.63, 3.8) is 0 Å². The van der Waals surface area contributed by atoms with Gasteiger partial charge in [0.2, 0.25) is 12.7 Å². The lowest BCUT2D eigenvalue weighted by atomic mass is 10.1. The van der Waals surface area contributed by atoms with Gasteiger partial charge in [0.25, 0.3) is 0 Å². The SMILES string of the molecule is O=C(Cc1ccc2c(c1)OCO2)Nc1nc(-c2ccc(Cl)c(Cl)c2)cs1. The molecule has 2 aromatic carbocycles. The van der Waals surface area contributed by atoms with Gasteiger partial charge in [-0.3, -0.25) is 4.79 Å². The first kappa shape index (κ1) is 17.1. The number of carbonyl (C=O) groups excluding carboxylic acids is 1. The number of rotatable bonds is 4. The van der Waals surface area contributed by atoms with Crippen molar-refractivity contribution >= 4 is 45.6 Å². The Morgan fingerprint density at radius 1 is 1.12 bits per heavy atom. The molecule has 0 saturated heterocycles. The van der Waals surface area contributed by atoms with Crippen molar-refractivity contribution in [2.45, 2.75) is 6.42 Å². The van der Waals surface area contributed by atoms with Crippen molar-refractivity contribution in [1.82, 2.24) is 4.98 Å². The van der Waals surface area contributed by atoms with Crippen molar-refractivity contribution in [1.29, 1.82) is 0 Å². The number of halogens is 2. The number of nitrogens with zero attached hydrogens (tertiary/aromatic N) is 1. The number of hydrogen-bond donors (Lipinski definition) is 1. The third-order valence-electron chi connectivity index (χ3n) is 3.77. The Kier molecular flexibility index (Phi) is 4.72. The molecule has 0 radical (unpaired) electrons. The predicted octanol–water partition coefficient (Wildman–Crippen LogP) is 5.03. The highest BCUT2D eigenvalue weighted by atomic mass is 35.5. The Hall–Kier alpha value is -2.28. The molecule has 0 fully saturated rings. The summed E-state index contributed by atoms with van der Waals surface area (Å²) >= 11 is 13.3. The highest BCUT2D eigenvalue weighted by molar-refractivity contribution is 7.14. The van der Waals surface area contributed by atoms with Gasteiger partial charge in [-0.25, -0.2) is 4.98 Å². The summed E-state index contributed by atoms with van der Waals surface area (Å²) in [6.07, 6.45) is 0.221. The van der Waals surface area contributed by atoms with Crippen molar-refractivity contribution in [3.8, 4) is 22.8 Å². The van der Waals surface area contributed by atoms with E-state index >= 15 is 0 Å². The summed E-state index contributed by atoms with van der Waals surface area (Å²) in [4.78, 5) is 16.7. The molecule has 132 valence electrons. The minimum Gasteiger partial charge on any atom is -0.454 e. The maximum Gasteiger partial charge on any atom is 0.231 e. The van der Waals surface area contributed by atoms with E-state index in [4.69, 9.17) is 32.7 Å². The van der Waals surface area contributed by atoms with Crippen molar-refractivity contribution in [2.24, 2.45) is 0 Å². The monoisotopic (exact) mass is 406 g/mol. The summed E-state index contributed by atoms with van der Waals surface area (Å²) in [5.41, 5.74) is 2.41. The molecular weight excluding hydrogens is 395 g/mol. The van der Waals surface area contributed by atoms with Gasteiger partial charge in [0, 0.05) is 10.9 Å². The maximum atomic E-state index is 12.3. The van der Waals surface area contributed by atoms with Crippen LogP contribution in [0.2, 0.25) is 10.0 Å². The van der Waals surface area contributed by atoms with E-state index in [1.807, 2.05) is 23.6 Å². The molecule has 1 amide bonds. The Labute approximate surface area is 163 Å². The summed E-state index contributed by atoms with van der Waals surface area (Å²) in [5.74, 6) is 1.20. The van der Waals surface area contributed by atoms with Gasteiger partial charge in [-0.2, -0.15) is 0 Å². The molecule has 1 N–H and O–H groups in total. The standard InChI is InChI=1S/C18H12Cl2N2O3S/c19-12-3-2-11(7-13(12)20)14-8-26-18(21-14)22-17(23)6-10-1-4-15-16(5-10)25-9-24-15/h1-5,7-8H,6,9H2,(H,21,22,23). The van der Waals surface area contributed by atoms with E-state index in [1.54, 1.807) is 18.2 Å². The van der Waals surface area contributed by atoms with Crippen LogP contribution in [0.15, 0.2) is 41.8 Å². The molecule has 0 spiro atoms. The van der Waals surface area contributed by atoms with Gasteiger partial charge in [0.15, 0.2) is 16.6 Å². The highest BCUT2D eigenvalue weighted by Gasteiger charge is 2.15. The van der Waals surface area contributed by atoms with Gasteiger partial charge in [0.1, 0.15) is 0 Å². The minimum atomic E-state index is -0.154. The molecule has 0 bridgehead atoms. The zero-order chi connectivity index (χ0) is 18.1. The second kappa shape index (κ2) is 7.15. The second-order valence-electron chi connectivity index (χ2n) is 5.58. The number of nitrogens with one attached hydrogen (secondary N) is 1. The average molecular weight is 407 g/mol. The van der Waals surface area contributed by atoms with E-state index in [0.29, 0.717) is 26.7 Å². The number of carbonyl (C=O) groups is 1. The molecule has 3 aromatic rings. The van der Waals surface area contributed by atoms with E-state index in [-0.39, 0.29) is 19.1 Å². The summed E-state index contributed by atoms with van der Waals surface area (Å²) in [6.45, 7) is 0.210. The summed E-state index contributed by atoms with van der Waals surface area (Å²) in [7, 11) is 0. The third kappa shape index (κ3) is 3.62. The number of hydrogen-bond acceptors (Lipinski definition) is 5. The number of benzene rings is 2. The second-order valence-corrected chi connectivity index (χ2v) is 7.25. The smallest absolute Gasteiger partial charge is 0.231 e. The zero-order valence-corrected chi connectivity index (χ0v) is 15.6. The number of amides is 1. The lowest BCUT2D eigenvalue weighted by Gasteiger charge is -2.03. The lowest BCUT2D eigenvalue weighted by molar-refractivity contribution is -0.115. The van der Waals surface area contributed by atoms with E-state index in [2.05, 4.69) is 10.3 Å². The fourth-order valence-electron chi connectivity index (χ4n) is 2.52. The van der Waals surface area contributed by atoms with Crippen LogP contribution in [0.25, 0.3) is 11.3 Å². The largest absolute Gasteiger partial charge is 0.454 e. The number of fused-ring (bicyclic) bond motifs is 1. The first-order valence-electron chi connectivity index (χ1n) is 7.68. The molecule has 0 saturated carbocycles. The Morgan fingerprint density at radius 3 is 2.81 bits per heavy atom. The molecule has 8 heteroatoms. The van der Waals surface area contributed by atoms with Crippen molar-refractivity contribution in [3.05, 3.63) is 57.4 Å². The van der Waals surface area contributed by atoms with Crippen molar-refractivity contribution < 1.29 is 14.3 Å². The van der Waals surface area contributed by atoms with Crippen LogP contribution in [-0.4, -0.2) is 17.7 Å². The van der Waals surface area contributed by atoms with E-state index in [1.165, 1.54) is 11.3 Å². The molecule has 4 rings (SSSR count). The molecule has 0 atom stereocenters. The van der Waals surface area contributed by atoms with E-state index in [9.17, 15) is 4.79 Å². The molecular formula is C18H12Cl2N2O3S. The minimum absolute atomic E-state index is 0.154. The van der Waals surface area contributed by atoms with Gasteiger partial charge in [0.05, 0.1) is 22.2 Å². The Morgan fingerprint density at radius 2 is 1.96 bits per heavy atom. The van der Waals surface area contributed by atoms with Gasteiger partial charge in [-0.15, -0.1) is 11.3 Å². The molecule has 2 heterocycles. The van der Waals surface area contributed by atoms with Crippen LogP contribution < -0.4 is 14.8 Å². The number of anilines is 1. The van der Waals surface area contributed by atoms with Gasteiger partial charge < -0.3 is 14.8 Å². The van der Waals surface area contributed by atoms with Gasteiger partial charge in [-0.1, -0.05) is 35.3 Å². The third-order valence-corrected chi connectivity index (χ3v) is 5.26. The Balaban J connectivity index is 1.43. The van der Waals surface area contributed by atoms with Gasteiger partial charge >= 0.3 is 0 Å². The quantitative estimate of drug-likeness (QED) is 0.659. The maximum absolute atomic E-state index is 12.3. The van der Waals surface area contributed by atoms with Crippen LogP contribution in [0.3, 0.4) is 0 Å². The molecule has 26 heavy (non-hydrogen) atoms. The molecule has 5 nitrogen and oxygen atoms in total.